The van der Waals surface area contributed by atoms with Crippen molar-refractivity contribution in [1.82, 2.24) is 10.2 Å². The van der Waals surface area contributed by atoms with Crippen molar-refractivity contribution >= 4 is 11.6 Å². The number of ether oxygens (including phenoxy) is 1. The molecule has 0 atom stereocenters. The fourth-order valence-electron chi connectivity index (χ4n) is 3.67. The normalized spacial score (nSPS) is 21.0. The molecule has 2 fully saturated rings. The zero-order valence-electron chi connectivity index (χ0n) is 13.2. The third kappa shape index (κ3) is 3.42. The van der Waals surface area contributed by atoms with Gasteiger partial charge in [0.05, 0.1) is 19.3 Å². The maximum Gasteiger partial charge on any atom is 0.238 e. The molecule has 0 saturated carbocycles. The quantitative estimate of drug-likeness (QED) is 0.889. The van der Waals surface area contributed by atoms with Gasteiger partial charge < -0.3 is 15.4 Å². The number of anilines is 1. The molecule has 2 aliphatic rings. The molecule has 0 radical (unpaired) electrons. The molecule has 22 heavy (non-hydrogen) atoms. The first kappa shape index (κ1) is 15.3. The summed E-state index contributed by atoms with van der Waals surface area (Å²) in [5.41, 5.74) is 1.18. The molecule has 1 amide bonds. The summed E-state index contributed by atoms with van der Waals surface area (Å²) in [6.07, 6.45) is 3.69. The predicted octanol–water partition coefficient (Wildman–Crippen LogP) is 1.71. The van der Waals surface area contributed by atoms with Crippen LogP contribution in [0.2, 0.25) is 0 Å². The lowest BCUT2D eigenvalue weighted by molar-refractivity contribution is -0.117. The third-order valence-electron chi connectivity index (χ3n) is 4.93. The molecule has 2 aliphatic heterocycles. The zero-order valence-corrected chi connectivity index (χ0v) is 13.2. The van der Waals surface area contributed by atoms with Crippen LogP contribution in [0.15, 0.2) is 24.3 Å². The number of amides is 1. The average molecular weight is 303 g/mol. The average Bonchev–Trinajstić information content (AvgIpc) is 2.90. The largest absolute Gasteiger partial charge is 0.495 e. The van der Waals surface area contributed by atoms with Gasteiger partial charge >= 0.3 is 0 Å². The summed E-state index contributed by atoms with van der Waals surface area (Å²) in [5.74, 6) is 0.739. The van der Waals surface area contributed by atoms with Crippen molar-refractivity contribution in [2.24, 2.45) is 5.41 Å². The number of benzene rings is 1. The Bertz CT molecular complexity index is 526. The summed E-state index contributed by atoms with van der Waals surface area (Å²) in [7, 11) is 1.62. The van der Waals surface area contributed by atoms with E-state index in [2.05, 4.69) is 15.5 Å². The van der Waals surface area contributed by atoms with E-state index in [1.54, 1.807) is 7.11 Å². The van der Waals surface area contributed by atoms with Gasteiger partial charge in [-0.2, -0.15) is 0 Å². The van der Waals surface area contributed by atoms with Crippen molar-refractivity contribution in [2.45, 2.75) is 19.3 Å². The fraction of sp³-hybridized carbons (Fsp3) is 0.588. The van der Waals surface area contributed by atoms with Crippen molar-refractivity contribution in [3.8, 4) is 5.75 Å². The van der Waals surface area contributed by atoms with Gasteiger partial charge in [-0.3, -0.25) is 9.69 Å². The van der Waals surface area contributed by atoms with Gasteiger partial charge in [-0.05, 0) is 56.4 Å². The molecule has 3 rings (SSSR count). The number of piperidine rings is 1. The minimum atomic E-state index is 0.0375. The number of hydrogen-bond acceptors (Lipinski definition) is 4. The van der Waals surface area contributed by atoms with E-state index in [0.29, 0.717) is 17.7 Å². The van der Waals surface area contributed by atoms with E-state index in [0.717, 1.165) is 31.9 Å². The lowest BCUT2D eigenvalue weighted by Gasteiger charge is -2.33. The molecule has 0 aliphatic carbocycles. The predicted molar refractivity (Wildman–Crippen MR) is 87.2 cm³/mol. The first-order valence-electron chi connectivity index (χ1n) is 8.07. The number of carbonyl (C=O) groups is 1. The highest BCUT2D eigenvalue weighted by atomic mass is 16.5. The van der Waals surface area contributed by atoms with Crippen molar-refractivity contribution in [2.75, 3.05) is 45.2 Å². The van der Waals surface area contributed by atoms with E-state index in [1.165, 1.54) is 19.3 Å². The first-order valence-corrected chi connectivity index (χ1v) is 8.07. The van der Waals surface area contributed by atoms with E-state index in [-0.39, 0.29) is 5.91 Å². The maximum atomic E-state index is 12.3. The van der Waals surface area contributed by atoms with Gasteiger partial charge in [-0.25, -0.2) is 0 Å². The first-order chi connectivity index (χ1) is 10.7. The highest BCUT2D eigenvalue weighted by molar-refractivity contribution is 5.93. The second-order valence-corrected chi connectivity index (χ2v) is 6.46. The molecule has 120 valence electrons. The number of para-hydroxylation sites is 2. The monoisotopic (exact) mass is 303 g/mol. The summed E-state index contributed by atoms with van der Waals surface area (Å²) in [6, 6.07) is 7.53. The summed E-state index contributed by atoms with van der Waals surface area (Å²) in [4.78, 5) is 14.6. The smallest absolute Gasteiger partial charge is 0.238 e. The zero-order chi connectivity index (χ0) is 15.4. The van der Waals surface area contributed by atoms with Gasteiger partial charge in [0.1, 0.15) is 5.75 Å². The van der Waals surface area contributed by atoms with Crippen LogP contribution in [-0.4, -0.2) is 50.6 Å². The van der Waals surface area contributed by atoms with Gasteiger partial charge in [0.15, 0.2) is 0 Å². The highest BCUT2D eigenvalue weighted by Gasteiger charge is 2.39. The molecular weight excluding hydrogens is 278 g/mol. The molecule has 2 heterocycles. The van der Waals surface area contributed by atoms with E-state index in [9.17, 15) is 4.79 Å². The molecular formula is C17H25N3O2. The van der Waals surface area contributed by atoms with E-state index in [4.69, 9.17) is 4.74 Å². The molecule has 5 nitrogen and oxygen atoms in total. The number of nitrogens with one attached hydrogen (secondary N) is 2. The number of nitrogens with zero attached hydrogens (tertiary/aromatic N) is 1. The second-order valence-electron chi connectivity index (χ2n) is 6.46. The number of rotatable bonds is 4. The van der Waals surface area contributed by atoms with E-state index >= 15 is 0 Å². The van der Waals surface area contributed by atoms with Crippen LogP contribution in [0.3, 0.4) is 0 Å². The molecule has 2 N–H and O–H groups in total. The van der Waals surface area contributed by atoms with Gasteiger partial charge in [0, 0.05) is 6.54 Å². The molecule has 0 unspecified atom stereocenters. The number of carbonyl (C=O) groups excluding carboxylic acids is 1. The summed E-state index contributed by atoms with van der Waals surface area (Å²) >= 11 is 0. The van der Waals surface area contributed by atoms with Crippen molar-refractivity contribution in [3.05, 3.63) is 24.3 Å². The minimum Gasteiger partial charge on any atom is -0.495 e. The van der Waals surface area contributed by atoms with Crippen molar-refractivity contribution in [1.29, 1.82) is 0 Å². The van der Waals surface area contributed by atoms with Gasteiger partial charge in [-0.1, -0.05) is 12.1 Å². The van der Waals surface area contributed by atoms with Crippen LogP contribution in [0, 0.1) is 5.41 Å². The summed E-state index contributed by atoms with van der Waals surface area (Å²) < 4.78 is 5.27. The Balaban J connectivity index is 1.54. The van der Waals surface area contributed by atoms with Crippen LogP contribution in [0.5, 0.6) is 5.75 Å². The van der Waals surface area contributed by atoms with Gasteiger partial charge in [-0.15, -0.1) is 0 Å². The second kappa shape index (κ2) is 6.67. The summed E-state index contributed by atoms with van der Waals surface area (Å²) in [6.45, 7) is 4.77. The Hall–Kier alpha value is -1.59. The Morgan fingerprint density at radius 2 is 2.09 bits per heavy atom. The van der Waals surface area contributed by atoms with Crippen LogP contribution in [-0.2, 0) is 4.79 Å². The number of hydrogen-bond donors (Lipinski definition) is 2. The number of methoxy groups -OCH3 is 1. The molecule has 1 spiro atoms. The third-order valence-corrected chi connectivity index (χ3v) is 4.93. The molecule has 2 saturated heterocycles. The Morgan fingerprint density at radius 3 is 2.86 bits per heavy atom. The van der Waals surface area contributed by atoms with Crippen LogP contribution < -0.4 is 15.4 Å². The highest BCUT2D eigenvalue weighted by Crippen LogP contribution is 2.38. The Labute approximate surface area is 132 Å². The molecule has 0 aromatic heterocycles. The van der Waals surface area contributed by atoms with E-state index < -0.39 is 0 Å². The van der Waals surface area contributed by atoms with E-state index in [1.807, 2.05) is 24.3 Å². The topological polar surface area (TPSA) is 53.6 Å². The molecule has 0 bridgehead atoms. The lowest BCUT2D eigenvalue weighted by atomic mass is 9.78. The Kier molecular flexibility index (Phi) is 4.64. The molecule has 5 heteroatoms. The molecule has 1 aromatic rings. The molecule has 1 aromatic carbocycles. The Morgan fingerprint density at radius 1 is 1.32 bits per heavy atom. The standard InChI is InChI=1S/C17H25N3O2/c1-22-15-5-3-2-4-14(15)19-16(21)12-20-11-8-17(13-20)6-9-18-10-7-17/h2-5,18H,6-13H2,1H3,(H,19,21). The van der Waals surface area contributed by atoms with Gasteiger partial charge in [0.25, 0.3) is 0 Å². The number of likely N-dealkylation sites (tertiary alicyclic amines) is 1. The maximum absolute atomic E-state index is 12.3. The van der Waals surface area contributed by atoms with Gasteiger partial charge in [0.2, 0.25) is 5.91 Å². The van der Waals surface area contributed by atoms with Crippen molar-refractivity contribution < 1.29 is 9.53 Å². The lowest BCUT2D eigenvalue weighted by Crippen LogP contribution is -2.40. The fourth-order valence-corrected chi connectivity index (χ4v) is 3.67. The van der Waals surface area contributed by atoms with Crippen LogP contribution in [0.1, 0.15) is 19.3 Å². The summed E-state index contributed by atoms with van der Waals surface area (Å²) in [5, 5.41) is 6.39. The minimum absolute atomic E-state index is 0.0375. The van der Waals surface area contributed by atoms with Crippen LogP contribution in [0.25, 0.3) is 0 Å². The van der Waals surface area contributed by atoms with Crippen LogP contribution >= 0.6 is 0 Å². The van der Waals surface area contributed by atoms with Crippen LogP contribution in [0.4, 0.5) is 5.69 Å². The van der Waals surface area contributed by atoms with Crippen molar-refractivity contribution in [3.63, 3.8) is 0 Å². The SMILES string of the molecule is COc1ccccc1NC(=O)CN1CCC2(CCNCC2)C1.